The van der Waals surface area contributed by atoms with Crippen molar-refractivity contribution in [3.63, 3.8) is 0 Å². The summed E-state index contributed by atoms with van der Waals surface area (Å²) in [4.78, 5) is 11.2. The van der Waals surface area contributed by atoms with E-state index in [0.717, 1.165) is 10.7 Å². The minimum absolute atomic E-state index is 0.102. The third kappa shape index (κ3) is 3.24. The van der Waals surface area contributed by atoms with Gasteiger partial charge in [0.15, 0.2) is 0 Å². The van der Waals surface area contributed by atoms with E-state index in [4.69, 9.17) is 5.84 Å². The molecule has 0 aliphatic rings. The maximum atomic E-state index is 11.2. The Labute approximate surface area is 93.4 Å². The van der Waals surface area contributed by atoms with Gasteiger partial charge in [-0.1, -0.05) is 6.92 Å². The highest BCUT2D eigenvalue weighted by molar-refractivity contribution is 7.99. The Morgan fingerprint density at radius 2 is 2.47 bits per heavy atom. The van der Waals surface area contributed by atoms with Crippen molar-refractivity contribution in [3.05, 3.63) is 11.8 Å². The third-order valence-corrected chi connectivity index (χ3v) is 3.37. The second-order valence-corrected chi connectivity index (χ2v) is 4.51. The first-order chi connectivity index (χ1) is 7.04. The summed E-state index contributed by atoms with van der Waals surface area (Å²) in [6.45, 7) is 3.79. The second kappa shape index (κ2) is 5.18. The Kier molecular flexibility index (Phi) is 4.16. The summed E-state index contributed by atoms with van der Waals surface area (Å²) >= 11 is 1.60. The molecule has 1 heterocycles. The topological polar surface area (TPSA) is 72.9 Å². The van der Waals surface area contributed by atoms with Crippen molar-refractivity contribution in [1.82, 2.24) is 15.2 Å². The molecule has 0 fully saturated rings. The highest BCUT2D eigenvalue weighted by atomic mass is 32.2. The number of nitrogens with two attached hydrogens (primary N) is 1. The van der Waals surface area contributed by atoms with Crippen LogP contribution in [0.1, 0.15) is 12.6 Å². The number of hydrogen-bond donors (Lipinski definition) is 2. The van der Waals surface area contributed by atoms with Crippen LogP contribution in [0.3, 0.4) is 0 Å². The molecule has 0 aromatic carbocycles. The van der Waals surface area contributed by atoms with Gasteiger partial charge in [-0.15, -0.1) is 11.8 Å². The number of aryl methyl sites for hydroxylation is 2. The molecule has 1 amide bonds. The van der Waals surface area contributed by atoms with Gasteiger partial charge in [0.25, 0.3) is 0 Å². The van der Waals surface area contributed by atoms with Gasteiger partial charge in [-0.3, -0.25) is 14.9 Å². The van der Waals surface area contributed by atoms with Gasteiger partial charge in [0.05, 0.1) is 10.7 Å². The number of amides is 1. The average Bonchev–Trinajstić information content (AvgIpc) is 2.52. The molecule has 15 heavy (non-hydrogen) atoms. The fraction of sp³-hybridized carbons (Fsp3) is 0.556. The zero-order chi connectivity index (χ0) is 11.4. The lowest BCUT2D eigenvalue weighted by Gasteiger charge is -2.08. The number of carbonyl (C=O) groups is 1. The summed E-state index contributed by atoms with van der Waals surface area (Å²) in [5, 5.41) is 5.28. The average molecular weight is 228 g/mol. The largest absolute Gasteiger partial charge is 0.294 e. The van der Waals surface area contributed by atoms with E-state index in [1.54, 1.807) is 11.8 Å². The molecular formula is C9H16N4OS. The van der Waals surface area contributed by atoms with Crippen LogP contribution in [-0.4, -0.2) is 21.4 Å². The highest BCUT2D eigenvalue weighted by Crippen LogP contribution is 2.20. The number of aromatic nitrogens is 2. The molecule has 1 rings (SSSR count). The fourth-order valence-electron chi connectivity index (χ4n) is 1.15. The normalized spacial score (nSPS) is 12.5. The van der Waals surface area contributed by atoms with E-state index in [0.29, 0.717) is 5.75 Å². The lowest BCUT2D eigenvalue weighted by Crippen LogP contribution is -2.35. The molecule has 0 saturated heterocycles. The number of nitrogens with zero attached hydrogens (tertiary/aromatic N) is 2. The van der Waals surface area contributed by atoms with Crippen LogP contribution < -0.4 is 11.3 Å². The maximum Gasteiger partial charge on any atom is 0.237 e. The molecule has 0 aliphatic heterocycles. The van der Waals surface area contributed by atoms with Crippen LogP contribution in [0.15, 0.2) is 11.1 Å². The van der Waals surface area contributed by atoms with E-state index in [9.17, 15) is 4.79 Å². The molecule has 1 aromatic rings. The third-order valence-electron chi connectivity index (χ3n) is 2.03. The number of carbonyl (C=O) groups excluding carboxylic acids is 1. The van der Waals surface area contributed by atoms with Crippen LogP contribution in [0.5, 0.6) is 0 Å². The molecule has 0 bridgehead atoms. The van der Waals surface area contributed by atoms with Gasteiger partial charge >= 0.3 is 0 Å². The first kappa shape index (κ1) is 12.1. The second-order valence-electron chi connectivity index (χ2n) is 3.47. The Hall–Kier alpha value is -1.01. The van der Waals surface area contributed by atoms with Gasteiger partial charge in [0.2, 0.25) is 5.91 Å². The van der Waals surface area contributed by atoms with Crippen molar-refractivity contribution in [2.24, 2.45) is 18.8 Å². The summed E-state index contributed by atoms with van der Waals surface area (Å²) in [5.74, 6) is 5.51. The molecule has 1 unspecified atom stereocenters. The van der Waals surface area contributed by atoms with E-state index >= 15 is 0 Å². The Balaban J connectivity index is 2.50. The van der Waals surface area contributed by atoms with Crippen LogP contribution in [-0.2, 0) is 11.8 Å². The van der Waals surface area contributed by atoms with Crippen LogP contribution >= 0.6 is 11.8 Å². The quantitative estimate of drug-likeness (QED) is 0.339. The molecule has 5 nitrogen and oxygen atoms in total. The summed E-state index contributed by atoms with van der Waals surface area (Å²) in [6, 6.07) is 2.00. The van der Waals surface area contributed by atoms with Crippen molar-refractivity contribution in [2.75, 3.05) is 5.75 Å². The molecule has 1 aromatic heterocycles. The van der Waals surface area contributed by atoms with Crippen molar-refractivity contribution in [1.29, 1.82) is 0 Å². The standard InChI is InChI=1S/C9H16N4OS/c1-6(9(14)11-10)5-15-8-4-7(2)12-13(8)3/h4,6H,5,10H2,1-3H3,(H,11,14). The Bertz CT molecular complexity index is 350. The predicted octanol–water partition coefficient (Wildman–Crippen LogP) is 0.447. The van der Waals surface area contributed by atoms with Gasteiger partial charge in [0.1, 0.15) is 0 Å². The van der Waals surface area contributed by atoms with E-state index in [1.165, 1.54) is 0 Å². The minimum atomic E-state index is -0.138. The molecule has 6 heteroatoms. The lowest BCUT2D eigenvalue weighted by molar-refractivity contribution is -0.123. The van der Waals surface area contributed by atoms with Gasteiger partial charge in [-0.05, 0) is 13.0 Å². The number of hydrogen-bond acceptors (Lipinski definition) is 4. The van der Waals surface area contributed by atoms with Gasteiger partial charge in [-0.2, -0.15) is 5.10 Å². The molecule has 0 saturated carbocycles. The van der Waals surface area contributed by atoms with Crippen LogP contribution in [0, 0.1) is 12.8 Å². The molecule has 3 N–H and O–H groups in total. The van der Waals surface area contributed by atoms with Crippen LogP contribution in [0.2, 0.25) is 0 Å². The van der Waals surface area contributed by atoms with Crippen molar-refractivity contribution < 1.29 is 4.79 Å². The monoisotopic (exact) mass is 228 g/mol. The van der Waals surface area contributed by atoms with Crippen LogP contribution in [0.25, 0.3) is 0 Å². The van der Waals surface area contributed by atoms with E-state index in [1.807, 2.05) is 31.6 Å². The van der Waals surface area contributed by atoms with E-state index in [-0.39, 0.29) is 11.8 Å². The number of rotatable bonds is 4. The molecule has 1 atom stereocenters. The zero-order valence-electron chi connectivity index (χ0n) is 9.15. The maximum absolute atomic E-state index is 11.2. The summed E-state index contributed by atoms with van der Waals surface area (Å²) < 4.78 is 1.81. The Morgan fingerprint density at radius 3 is 2.93 bits per heavy atom. The predicted molar refractivity (Wildman–Crippen MR) is 60.2 cm³/mol. The molecule has 84 valence electrons. The van der Waals surface area contributed by atoms with Crippen molar-refractivity contribution >= 4 is 17.7 Å². The van der Waals surface area contributed by atoms with Gasteiger partial charge in [-0.25, -0.2) is 5.84 Å². The first-order valence-corrected chi connectivity index (χ1v) is 5.67. The minimum Gasteiger partial charge on any atom is -0.294 e. The highest BCUT2D eigenvalue weighted by Gasteiger charge is 2.12. The van der Waals surface area contributed by atoms with Crippen molar-refractivity contribution in [2.45, 2.75) is 18.9 Å². The molecular weight excluding hydrogens is 212 g/mol. The number of thioether (sulfide) groups is 1. The fourth-order valence-corrected chi connectivity index (χ4v) is 2.20. The van der Waals surface area contributed by atoms with Gasteiger partial charge in [0, 0.05) is 18.7 Å². The van der Waals surface area contributed by atoms with Crippen LogP contribution in [0.4, 0.5) is 0 Å². The van der Waals surface area contributed by atoms with E-state index < -0.39 is 0 Å². The molecule has 0 spiro atoms. The van der Waals surface area contributed by atoms with Gasteiger partial charge < -0.3 is 0 Å². The molecule has 0 aliphatic carbocycles. The Morgan fingerprint density at radius 1 is 1.80 bits per heavy atom. The van der Waals surface area contributed by atoms with E-state index in [2.05, 4.69) is 10.5 Å². The van der Waals surface area contributed by atoms with Crippen molar-refractivity contribution in [3.8, 4) is 0 Å². The smallest absolute Gasteiger partial charge is 0.237 e. The SMILES string of the molecule is Cc1cc(SCC(C)C(=O)NN)n(C)n1. The number of nitrogens with one attached hydrogen (secondary N) is 1. The zero-order valence-corrected chi connectivity index (χ0v) is 9.97. The summed E-state index contributed by atoms with van der Waals surface area (Å²) in [6.07, 6.45) is 0. The molecule has 0 radical (unpaired) electrons. The summed E-state index contributed by atoms with van der Waals surface area (Å²) in [5.41, 5.74) is 3.13. The lowest BCUT2D eigenvalue weighted by atomic mass is 10.2. The first-order valence-electron chi connectivity index (χ1n) is 4.68. The number of hydrazine groups is 1. The summed E-state index contributed by atoms with van der Waals surface area (Å²) in [7, 11) is 1.89.